The van der Waals surface area contributed by atoms with Crippen molar-refractivity contribution in [2.45, 2.75) is 50.7 Å². The van der Waals surface area contributed by atoms with Crippen LogP contribution in [0.1, 0.15) is 26.3 Å². The SMILES string of the molecule is C=CCN(C(=O)OC(C)(C)C)[C@H](/C=C/c1ccccc1)[C@@H](O)[C@H](O)[C@@H](O)CO. The summed E-state index contributed by atoms with van der Waals surface area (Å²) in [6.07, 6.45) is -0.825. The minimum Gasteiger partial charge on any atom is -0.444 e. The Morgan fingerprint density at radius 2 is 1.79 bits per heavy atom. The molecule has 0 fully saturated rings. The summed E-state index contributed by atoms with van der Waals surface area (Å²) in [5.74, 6) is 0. The lowest BCUT2D eigenvalue weighted by atomic mass is 9.98. The Hall–Kier alpha value is -2.19. The Labute approximate surface area is 166 Å². The second-order valence-electron chi connectivity index (χ2n) is 7.41. The lowest BCUT2D eigenvalue weighted by Gasteiger charge is -2.36. The van der Waals surface area contributed by atoms with Gasteiger partial charge in [0.25, 0.3) is 0 Å². The fraction of sp³-hybridized carbons (Fsp3) is 0.476. The van der Waals surface area contributed by atoms with E-state index in [0.29, 0.717) is 0 Å². The van der Waals surface area contributed by atoms with Crippen LogP contribution in [-0.4, -0.2) is 74.5 Å². The molecule has 0 aliphatic carbocycles. The maximum atomic E-state index is 12.7. The molecule has 1 rings (SSSR count). The molecule has 0 radical (unpaired) electrons. The van der Waals surface area contributed by atoms with Gasteiger partial charge in [-0.3, -0.25) is 4.90 Å². The first-order valence-corrected chi connectivity index (χ1v) is 9.09. The highest BCUT2D eigenvalue weighted by Gasteiger charge is 2.36. The van der Waals surface area contributed by atoms with Gasteiger partial charge in [-0.05, 0) is 26.3 Å². The van der Waals surface area contributed by atoms with Crippen molar-refractivity contribution in [3.8, 4) is 0 Å². The van der Waals surface area contributed by atoms with E-state index in [4.69, 9.17) is 9.84 Å². The molecule has 0 bridgehead atoms. The fourth-order valence-electron chi connectivity index (χ4n) is 2.49. The number of aliphatic hydroxyl groups excluding tert-OH is 4. The van der Waals surface area contributed by atoms with Crippen molar-refractivity contribution >= 4 is 12.2 Å². The average Bonchev–Trinajstić information content (AvgIpc) is 2.65. The number of nitrogens with zero attached hydrogens (tertiary/aromatic N) is 1. The van der Waals surface area contributed by atoms with Crippen LogP contribution in [0.25, 0.3) is 6.08 Å². The minimum absolute atomic E-state index is 0.0394. The van der Waals surface area contributed by atoms with Gasteiger partial charge < -0.3 is 25.2 Å². The first-order valence-electron chi connectivity index (χ1n) is 9.09. The first-order chi connectivity index (χ1) is 13.1. The molecule has 0 spiro atoms. The van der Waals surface area contributed by atoms with Gasteiger partial charge in [-0.15, -0.1) is 6.58 Å². The van der Waals surface area contributed by atoms with Crippen LogP contribution >= 0.6 is 0 Å². The number of rotatable bonds is 9. The van der Waals surface area contributed by atoms with Gasteiger partial charge in [0.05, 0.1) is 12.6 Å². The summed E-state index contributed by atoms with van der Waals surface area (Å²) in [7, 11) is 0. The molecule has 7 heteroatoms. The van der Waals surface area contributed by atoms with E-state index >= 15 is 0 Å². The standard InChI is InChI=1S/C21H31NO6/c1-5-13-22(20(27)28-21(2,3)4)16(18(25)19(26)17(24)14-23)12-11-15-9-7-6-8-10-15/h5-12,16-19,23-26H,1,13-14H2,2-4H3/b12-11+/t16-,17+,18-,19-/m1/s1. The maximum Gasteiger partial charge on any atom is 0.411 e. The van der Waals surface area contributed by atoms with Crippen molar-refractivity contribution in [2.24, 2.45) is 0 Å². The summed E-state index contributed by atoms with van der Waals surface area (Å²) in [5.41, 5.74) is 0.0536. The van der Waals surface area contributed by atoms with Gasteiger partial charge in [0, 0.05) is 6.54 Å². The van der Waals surface area contributed by atoms with Crippen LogP contribution < -0.4 is 0 Å². The van der Waals surface area contributed by atoms with Gasteiger partial charge in [0.15, 0.2) is 0 Å². The summed E-state index contributed by atoms with van der Waals surface area (Å²) in [6, 6.07) is 8.17. The minimum atomic E-state index is -1.68. The predicted octanol–water partition coefficient (Wildman–Crippen LogP) is 1.57. The summed E-state index contributed by atoms with van der Waals surface area (Å²) in [5, 5.41) is 39.6. The lowest BCUT2D eigenvalue weighted by molar-refractivity contribution is -0.0945. The summed E-state index contributed by atoms with van der Waals surface area (Å²) >= 11 is 0. The third-order valence-corrected chi connectivity index (χ3v) is 3.88. The number of benzene rings is 1. The molecule has 0 aliphatic rings. The van der Waals surface area contributed by atoms with E-state index in [1.54, 1.807) is 32.9 Å². The molecule has 0 unspecified atom stereocenters. The molecule has 0 heterocycles. The highest BCUT2D eigenvalue weighted by atomic mass is 16.6. The molecule has 0 saturated carbocycles. The Morgan fingerprint density at radius 1 is 1.18 bits per heavy atom. The van der Waals surface area contributed by atoms with Crippen molar-refractivity contribution in [1.82, 2.24) is 4.90 Å². The zero-order chi connectivity index (χ0) is 21.3. The molecule has 1 aromatic rings. The van der Waals surface area contributed by atoms with Crippen LogP contribution in [0.4, 0.5) is 4.79 Å². The number of ether oxygens (including phenoxy) is 1. The van der Waals surface area contributed by atoms with Crippen molar-refractivity contribution in [3.05, 3.63) is 54.6 Å². The van der Waals surface area contributed by atoms with Gasteiger partial charge in [0.2, 0.25) is 0 Å². The topological polar surface area (TPSA) is 110 Å². The Kier molecular flexibility index (Phi) is 9.34. The highest BCUT2D eigenvalue weighted by Crippen LogP contribution is 2.19. The Balaban J connectivity index is 3.25. The summed E-state index contributed by atoms with van der Waals surface area (Å²) < 4.78 is 5.40. The van der Waals surface area contributed by atoms with Gasteiger partial charge in [-0.2, -0.15) is 0 Å². The quantitative estimate of drug-likeness (QED) is 0.474. The third kappa shape index (κ3) is 7.44. The van der Waals surface area contributed by atoms with Crippen molar-refractivity contribution in [1.29, 1.82) is 0 Å². The summed E-state index contributed by atoms with van der Waals surface area (Å²) in [6.45, 7) is 8.08. The van der Waals surface area contributed by atoms with E-state index in [1.807, 2.05) is 30.3 Å². The van der Waals surface area contributed by atoms with E-state index < -0.39 is 42.7 Å². The van der Waals surface area contributed by atoms with Crippen molar-refractivity contribution < 1.29 is 30.0 Å². The van der Waals surface area contributed by atoms with Crippen LogP contribution in [0.5, 0.6) is 0 Å². The van der Waals surface area contributed by atoms with Crippen LogP contribution in [0.15, 0.2) is 49.1 Å². The van der Waals surface area contributed by atoms with E-state index in [0.717, 1.165) is 5.56 Å². The van der Waals surface area contributed by atoms with Gasteiger partial charge in [-0.25, -0.2) is 4.79 Å². The number of carbonyl (C=O) groups is 1. The molecule has 1 amide bonds. The summed E-state index contributed by atoms with van der Waals surface area (Å²) in [4.78, 5) is 13.9. The van der Waals surface area contributed by atoms with Gasteiger partial charge in [-0.1, -0.05) is 48.6 Å². The molecule has 156 valence electrons. The van der Waals surface area contributed by atoms with Crippen molar-refractivity contribution in [3.63, 3.8) is 0 Å². The number of hydrogen-bond acceptors (Lipinski definition) is 6. The van der Waals surface area contributed by atoms with Crippen LogP contribution in [0.2, 0.25) is 0 Å². The van der Waals surface area contributed by atoms with Gasteiger partial charge >= 0.3 is 6.09 Å². The monoisotopic (exact) mass is 393 g/mol. The van der Waals surface area contributed by atoms with E-state index in [-0.39, 0.29) is 6.54 Å². The smallest absolute Gasteiger partial charge is 0.411 e. The Bertz CT molecular complexity index is 640. The van der Waals surface area contributed by atoms with Crippen LogP contribution in [0, 0.1) is 0 Å². The van der Waals surface area contributed by atoms with Crippen LogP contribution in [0.3, 0.4) is 0 Å². The fourth-order valence-corrected chi connectivity index (χ4v) is 2.49. The number of carbonyl (C=O) groups excluding carboxylic acids is 1. The second-order valence-corrected chi connectivity index (χ2v) is 7.41. The molecular formula is C21H31NO6. The largest absolute Gasteiger partial charge is 0.444 e. The lowest BCUT2D eigenvalue weighted by Crippen LogP contribution is -2.54. The number of hydrogen-bond donors (Lipinski definition) is 4. The second kappa shape index (κ2) is 11.0. The van der Waals surface area contributed by atoms with E-state index in [1.165, 1.54) is 11.0 Å². The molecule has 4 N–H and O–H groups in total. The first kappa shape index (κ1) is 23.8. The van der Waals surface area contributed by atoms with Gasteiger partial charge in [0.1, 0.15) is 23.9 Å². The molecule has 1 aromatic carbocycles. The number of amides is 1. The molecule has 4 atom stereocenters. The molecule has 0 saturated heterocycles. The van der Waals surface area contributed by atoms with E-state index in [2.05, 4.69) is 6.58 Å². The number of aliphatic hydroxyl groups is 4. The molecule has 0 aliphatic heterocycles. The molecular weight excluding hydrogens is 362 g/mol. The molecule has 7 nitrogen and oxygen atoms in total. The molecule has 0 aromatic heterocycles. The van der Waals surface area contributed by atoms with Crippen molar-refractivity contribution in [2.75, 3.05) is 13.2 Å². The Morgan fingerprint density at radius 3 is 2.29 bits per heavy atom. The van der Waals surface area contributed by atoms with Crippen LogP contribution in [-0.2, 0) is 4.74 Å². The predicted molar refractivity (Wildman–Crippen MR) is 108 cm³/mol. The highest BCUT2D eigenvalue weighted by molar-refractivity contribution is 5.69. The normalized spacial score (nSPS) is 16.2. The maximum absolute atomic E-state index is 12.7. The third-order valence-electron chi connectivity index (χ3n) is 3.88. The molecule has 28 heavy (non-hydrogen) atoms. The van der Waals surface area contributed by atoms with E-state index in [9.17, 15) is 20.1 Å². The zero-order valence-corrected chi connectivity index (χ0v) is 16.6. The zero-order valence-electron chi connectivity index (χ0n) is 16.6. The average molecular weight is 393 g/mol.